The number of amides is 1. The van der Waals surface area contributed by atoms with E-state index in [2.05, 4.69) is 0 Å². The third-order valence-electron chi connectivity index (χ3n) is 2.25. The SMILES string of the molecule is CN(CCC(=O)O)C(=O)c1cc(F)c(F)cc1Cl. The molecule has 98 valence electrons. The van der Waals surface area contributed by atoms with Gasteiger partial charge in [-0.15, -0.1) is 0 Å². The minimum atomic E-state index is -1.19. The molecule has 0 spiro atoms. The van der Waals surface area contributed by atoms with Gasteiger partial charge in [-0.2, -0.15) is 0 Å². The fourth-order valence-corrected chi connectivity index (χ4v) is 1.49. The molecule has 0 heterocycles. The molecule has 0 saturated carbocycles. The Morgan fingerprint density at radius 1 is 1.33 bits per heavy atom. The highest BCUT2D eigenvalue weighted by molar-refractivity contribution is 6.33. The van der Waals surface area contributed by atoms with Crippen LogP contribution in [0.15, 0.2) is 12.1 Å². The normalized spacial score (nSPS) is 10.2. The number of hydrogen-bond acceptors (Lipinski definition) is 2. The zero-order valence-electron chi connectivity index (χ0n) is 9.41. The number of aliphatic carboxylic acids is 1. The Morgan fingerprint density at radius 2 is 1.89 bits per heavy atom. The second kappa shape index (κ2) is 5.77. The predicted molar refractivity (Wildman–Crippen MR) is 60.6 cm³/mol. The third-order valence-corrected chi connectivity index (χ3v) is 2.56. The molecule has 0 aliphatic carbocycles. The van der Waals surface area contributed by atoms with Crippen LogP contribution in [0.2, 0.25) is 5.02 Å². The molecule has 7 heteroatoms. The molecule has 0 atom stereocenters. The molecular weight excluding hydrogens is 268 g/mol. The average Bonchev–Trinajstić information content (AvgIpc) is 2.29. The van der Waals surface area contributed by atoms with Gasteiger partial charge in [0.25, 0.3) is 5.91 Å². The van der Waals surface area contributed by atoms with Crippen molar-refractivity contribution in [3.05, 3.63) is 34.4 Å². The minimum Gasteiger partial charge on any atom is -0.481 e. The molecule has 1 rings (SSSR count). The molecule has 0 aliphatic heterocycles. The zero-order valence-corrected chi connectivity index (χ0v) is 10.2. The predicted octanol–water partition coefficient (Wildman–Crippen LogP) is 2.16. The van der Waals surface area contributed by atoms with Gasteiger partial charge < -0.3 is 10.0 Å². The molecule has 0 saturated heterocycles. The van der Waals surface area contributed by atoms with Crippen LogP contribution in [0.5, 0.6) is 0 Å². The van der Waals surface area contributed by atoms with E-state index in [-0.39, 0.29) is 23.6 Å². The first kappa shape index (κ1) is 14.4. The van der Waals surface area contributed by atoms with E-state index < -0.39 is 23.5 Å². The van der Waals surface area contributed by atoms with Crippen LogP contribution in [0.3, 0.4) is 0 Å². The Kier molecular flexibility index (Phi) is 4.61. The van der Waals surface area contributed by atoms with Crippen LogP contribution in [-0.2, 0) is 4.79 Å². The van der Waals surface area contributed by atoms with E-state index in [0.717, 1.165) is 4.90 Å². The van der Waals surface area contributed by atoms with Crippen molar-refractivity contribution in [1.29, 1.82) is 0 Å². The van der Waals surface area contributed by atoms with Gasteiger partial charge in [0.05, 0.1) is 17.0 Å². The largest absolute Gasteiger partial charge is 0.481 e. The van der Waals surface area contributed by atoms with Crippen LogP contribution < -0.4 is 0 Å². The summed E-state index contributed by atoms with van der Waals surface area (Å²) in [5, 5.41) is 8.25. The molecular formula is C11H10ClF2NO3. The monoisotopic (exact) mass is 277 g/mol. The Hall–Kier alpha value is -1.69. The first-order valence-electron chi connectivity index (χ1n) is 4.94. The maximum Gasteiger partial charge on any atom is 0.305 e. The van der Waals surface area contributed by atoms with Gasteiger partial charge in [-0.25, -0.2) is 8.78 Å². The van der Waals surface area contributed by atoms with E-state index in [4.69, 9.17) is 16.7 Å². The van der Waals surface area contributed by atoms with Crippen molar-refractivity contribution < 1.29 is 23.5 Å². The van der Waals surface area contributed by atoms with Gasteiger partial charge in [0.2, 0.25) is 0 Å². The maximum atomic E-state index is 13.0. The van der Waals surface area contributed by atoms with Gasteiger partial charge in [-0.1, -0.05) is 11.6 Å². The lowest BCUT2D eigenvalue weighted by atomic mass is 10.2. The smallest absolute Gasteiger partial charge is 0.305 e. The number of benzene rings is 1. The molecule has 1 aromatic rings. The standard InChI is InChI=1S/C11H10ClF2NO3/c1-15(3-2-10(16)17)11(18)6-4-8(13)9(14)5-7(6)12/h4-5H,2-3H2,1H3,(H,16,17). The van der Waals surface area contributed by atoms with Gasteiger partial charge in [0, 0.05) is 13.6 Å². The summed E-state index contributed by atoms with van der Waals surface area (Å²) in [7, 11) is 1.35. The molecule has 18 heavy (non-hydrogen) atoms. The van der Waals surface area contributed by atoms with Gasteiger partial charge >= 0.3 is 5.97 Å². The molecule has 1 amide bonds. The number of carboxylic acid groups (broad SMARTS) is 1. The van der Waals surface area contributed by atoms with Crippen molar-refractivity contribution in [2.75, 3.05) is 13.6 Å². The lowest BCUT2D eigenvalue weighted by molar-refractivity contribution is -0.137. The summed E-state index contributed by atoms with van der Waals surface area (Å²) >= 11 is 5.63. The van der Waals surface area contributed by atoms with Crippen LogP contribution >= 0.6 is 11.6 Å². The Morgan fingerprint density at radius 3 is 2.44 bits per heavy atom. The second-order valence-electron chi connectivity index (χ2n) is 3.62. The highest BCUT2D eigenvalue weighted by atomic mass is 35.5. The van der Waals surface area contributed by atoms with Gasteiger partial charge in [0.1, 0.15) is 0 Å². The average molecular weight is 278 g/mol. The van der Waals surface area contributed by atoms with Crippen LogP contribution in [0.1, 0.15) is 16.8 Å². The number of carboxylic acids is 1. The summed E-state index contributed by atoms with van der Waals surface area (Å²) in [5.41, 5.74) is -0.205. The topological polar surface area (TPSA) is 57.6 Å². The maximum absolute atomic E-state index is 13.0. The summed E-state index contributed by atoms with van der Waals surface area (Å²) in [5.74, 6) is -4.06. The summed E-state index contributed by atoms with van der Waals surface area (Å²) < 4.78 is 25.8. The quantitative estimate of drug-likeness (QED) is 0.858. The minimum absolute atomic E-state index is 0.0521. The fourth-order valence-electron chi connectivity index (χ4n) is 1.26. The summed E-state index contributed by atoms with van der Waals surface area (Å²) in [6, 6.07) is 1.40. The molecule has 4 nitrogen and oxygen atoms in total. The van der Waals surface area contributed by atoms with Crippen LogP contribution in [0, 0.1) is 11.6 Å². The zero-order chi connectivity index (χ0) is 13.9. The van der Waals surface area contributed by atoms with Crippen molar-refractivity contribution in [2.24, 2.45) is 0 Å². The number of rotatable bonds is 4. The van der Waals surface area contributed by atoms with Crippen molar-refractivity contribution >= 4 is 23.5 Å². The summed E-state index contributed by atoms with van der Waals surface area (Å²) in [4.78, 5) is 23.2. The molecule has 0 fully saturated rings. The molecule has 1 aromatic carbocycles. The molecule has 0 radical (unpaired) electrons. The molecule has 0 bridgehead atoms. The van der Waals surface area contributed by atoms with E-state index in [1.165, 1.54) is 7.05 Å². The number of carbonyl (C=O) groups excluding carboxylic acids is 1. The van der Waals surface area contributed by atoms with Gasteiger partial charge in [-0.3, -0.25) is 9.59 Å². The summed E-state index contributed by atoms with van der Waals surface area (Å²) in [6.45, 7) is -0.0521. The van der Waals surface area contributed by atoms with Crippen molar-refractivity contribution in [3.63, 3.8) is 0 Å². The van der Waals surface area contributed by atoms with Crippen LogP contribution in [0.4, 0.5) is 8.78 Å². The lowest BCUT2D eigenvalue weighted by Gasteiger charge is -2.16. The first-order valence-corrected chi connectivity index (χ1v) is 5.32. The van der Waals surface area contributed by atoms with E-state index >= 15 is 0 Å². The van der Waals surface area contributed by atoms with E-state index in [0.29, 0.717) is 12.1 Å². The van der Waals surface area contributed by atoms with Crippen molar-refractivity contribution in [1.82, 2.24) is 4.90 Å². The molecule has 0 aliphatic rings. The summed E-state index contributed by atoms with van der Waals surface area (Å²) in [6.07, 6.45) is -0.246. The molecule has 0 unspecified atom stereocenters. The van der Waals surface area contributed by atoms with Crippen LogP contribution in [0.25, 0.3) is 0 Å². The number of carbonyl (C=O) groups is 2. The number of hydrogen-bond donors (Lipinski definition) is 1. The van der Waals surface area contributed by atoms with Gasteiger partial charge in [-0.05, 0) is 12.1 Å². The van der Waals surface area contributed by atoms with Crippen molar-refractivity contribution in [3.8, 4) is 0 Å². The lowest BCUT2D eigenvalue weighted by Crippen LogP contribution is -2.29. The highest BCUT2D eigenvalue weighted by Gasteiger charge is 2.18. The number of halogens is 3. The van der Waals surface area contributed by atoms with Crippen molar-refractivity contribution in [2.45, 2.75) is 6.42 Å². The fraction of sp³-hybridized carbons (Fsp3) is 0.273. The van der Waals surface area contributed by atoms with E-state index in [1.54, 1.807) is 0 Å². The Bertz CT molecular complexity index is 493. The Labute approximate surface area is 107 Å². The first-order chi connectivity index (χ1) is 8.32. The van der Waals surface area contributed by atoms with E-state index in [1.807, 2.05) is 0 Å². The Balaban J connectivity index is 2.90. The van der Waals surface area contributed by atoms with Crippen LogP contribution in [-0.4, -0.2) is 35.5 Å². The van der Waals surface area contributed by atoms with E-state index in [9.17, 15) is 18.4 Å². The highest BCUT2D eigenvalue weighted by Crippen LogP contribution is 2.21. The second-order valence-corrected chi connectivity index (χ2v) is 4.02. The molecule has 0 aromatic heterocycles. The third kappa shape index (κ3) is 3.40. The number of nitrogens with zero attached hydrogens (tertiary/aromatic N) is 1. The van der Waals surface area contributed by atoms with Gasteiger partial charge in [0.15, 0.2) is 11.6 Å². The molecule has 1 N–H and O–H groups in total.